The molecule has 0 saturated heterocycles. The van der Waals surface area contributed by atoms with Gasteiger partial charge in [-0.25, -0.2) is 4.98 Å². The number of hydrogen-bond acceptors (Lipinski definition) is 2. The van der Waals surface area contributed by atoms with Crippen LogP contribution in [0.3, 0.4) is 0 Å². The highest BCUT2D eigenvalue weighted by Gasteiger charge is 2.74. The van der Waals surface area contributed by atoms with Gasteiger partial charge in [0.2, 0.25) is 0 Å². The summed E-state index contributed by atoms with van der Waals surface area (Å²) in [6, 6.07) is 3.62. The van der Waals surface area contributed by atoms with Gasteiger partial charge in [0.15, 0.2) is 0 Å². The number of alkyl halides is 7. The summed E-state index contributed by atoms with van der Waals surface area (Å²) < 4.78 is 76.0. The highest BCUT2D eigenvalue weighted by Crippen LogP contribution is 2.48. The Labute approximate surface area is 107 Å². The Hall–Kier alpha value is -1.51. The number of anilines is 1. The summed E-state index contributed by atoms with van der Waals surface area (Å²) >= 11 is 3.90. The molecule has 19 heavy (non-hydrogen) atoms. The van der Waals surface area contributed by atoms with Gasteiger partial charge in [-0.1, -0.05) is 6.07 Å². The highest BCUT2D eigenvalue weighted by molar-refractivity contribution is 6.22. The number of carbonyl (C=O) groups excluding carboxylic acids is 1. The molecular weight excluding hydrogens is 302 g/mol. The van der Waals surface area contributed by atoms with Crippen LogP contribution >= 0.6 is 11.6 Å². The Kier molecular flexibility index (Phi) is 3.99. The molecule has 0 aliphatic heterocycles. The van der Waals surface area contributed by atoms with E-state index in [4.69, 9.17) is 0 Å². The lowest BCUT2D eigenvalue weighted by atomic mass is 10.1. The fraction of sp³-hybridized carbons (Fsp3) is 0.333. The second-order valence-electron chi connectivity index (χ2n) is 3.32. The van der Waals surface area contributed by atoms with Gasteiger partial charge in [-0.15, -0.1) is 0 Å². The van der Waals surface area contributed by atoms with Crippen LogP contribution in [0.5, 0.6) is 0 Å². The van der Waals surface area contributed by atoms with Crippen molar-refractivity contribution < 1.29 is 31.1 Å². The molecule has 0 fully saturated rings. The van der Waals surface area contributed by atoms with E-state index < -0.39 is 29.0 Å². The maximum Gasteiger partial charge on any atom is 0.395 e. The Morgan fingerprint density at radius 2 is 1.74 bits per heavy atom. The van der Waals surface area contributed by atoms with Gasteiger partial charge in [0.1, 0.15) is 5.82 Å². The standard InChI is InChI=1S/C9H5ClF6N2O/c10-9(15,16)8(13,14)7(11,12)6(19)18-5-3-1-2-4-17-5/h1-4H,(H,17,18,19). The third-order valence-corrected chi connectivity index (χ3v) is 2.18. The molecule has 0 aliphatic carbocycles. The number of hydrogen-bond donors (Lipinski definition) is 1. The van der Waals surface area contributed by atoms with E-state index in [1.165, 1.54) is 17.4 Å². The minimum atomic E-state index is -6.06. The molecule has 106 valence electrons. The van der Waals surface area contributed by atoms with Gasteiger partial charge in [0, 0.05) is 6.20 Å². The average Bonchev–Trinajstić information content (AvgIpc) is 2.28. The first-order valence-electron chi connectivity index (χ1n) is 4.55. The summed E-state index contributed by atoms with van der Waals surface area (Å²) in [4.78, 5) is 14.3. The van der Waals surface area contributed by atoms with E-state index in [9.17, 15) is 31.1 Å². The van der Waals surface area contributed by atoms with Crippen molar-refractivity contribution in [3.8, 4) is 0 Å². The van der Waals surface area contributed by atoms with Gasteiger partial charge in [-0.05, 0) is 23.7 Å². The summed E-state index contributed by atoms with van der Waals surface area (Å²) in [5, 5.41) is -4.30. The molecule has 0 spiro atoms. The van der Waals surface area contributed by atoms with Crippen LogP contribution in [0.15, 0.2) is 24.4 Å². The van der Waals surface area contributed by atoms with E-state index in [0.717, 1.165) is 12.3 Å². The summed E-state index contributed by atoms with van der Waals surface area (Å²) in [6.07, 6.45) is 1.07. The van der Waals surface area contributed by atoms with Crippen LogP contribution in [0.4, 0.5) is 32.2 Å². The largest absolute Gasteiger partial charge is 0.395 e. The van der Waals surface area contributed by atoms with Crippen molar-refractivity contribution in [2.45, 2.75) is 17.2 Å². The number of pyridine rings is 1. The monoisotopic (exact) mass is 306 g/mol. The van der Waals surface area contributed by atoms with Gasteiger partial charge in [-0.3, -0.25) is 4.79 Å². The maximum absolute atomic E-state index is 13.0. The lowest BCUT2D eigenvalue weighted by Crippen LogP contribution is -2.57. The van der Waals surface area contributed by atoms with Crippen LogP contribution in [0.1, 0.15) is 0 Å². The van der Waals surface area contributed by atoms with Gasteiger partial charge in [-0.2, -0.15) is 26.3 Å². The molecule has 1 amide bonds. The van der Waals surface area contributed by atoms with Crippen LogP contribution in [0, 0.1) is 0 Å². The Morgan fingerprint density at radius 1 is 1.16 bits per heavy atom. The quantitative estimate of drug-likeness (QED) is 0.686. The second kappa shape index (κ2) is 4.87. The second-order valence-corrected chi connectivity index (χ2v) is 3.79. The number of aromatic nitrogens is 1. The van der Waals surface area contributed by atoms with Gasteiger partial charge in [0.05, 0.1) is 0 Å². The van der Waals surface area contributed by atoms with Crippen molar-refractivity contribution in [1.82, 2.24) is 4.98 Å². The van der Waals surface area contributed by atoms with E-state index in [0.29, 0.717) is 0 Å². The predicted octanol–water partition coefficient (Wildman–Crippen LogP) is 3.12. The number of nitrogens with zero attached hydrogens (tertiary/aromatic N) is 1. The van der Waals surface area contributed by atoms with Crippen LogP contribution in [-0.4, -0.2) is 28.1 Å². The summed E-state index contributed by atoms with van der Waals surface area (Å²) in [5.74, 6) is -14.9. The number of amides is 1. The summed E-state index contributed by atoms with van der Waals surface area (Å²) in [5.41, 5.74) is 0. The van der Waals surface area contributed by atoms with Crippen LogP contribution in [0.25, 0.3) is 0 Å². The van der Waals surface area contributed by atoms with Crippen LogP contribution in [-0.2, 0) is 4.79 Å². The smallest absolute Gasteiger partial charge is 0.305 e. The lowest BCUT2D eigenvalue weighted by molar-refractivity contribution is -0.266. The zero-order valence-corrected chi connectivity index (χ0v) is 9.57. The molecule has 1 N–H and O–H groups in total. The Balaban J connectivity index is 2.98. The SMILES string of the molecule is O=C(Nc1ccccn1)C(F)(F)C(F)(F)C(F)(F)Cl. The van der Waals surface area contributed by atoms with Gasteiger partial charge >= 0.3 is 23.1 Å². The molecule has 10 heteroatoms. The average molecular weight is 307 g/mol. The maximum atomic E-state index is 13.0. The molecule has 0 unspecified atom stereocenters. The lowest BCUT2D eigenvalue weighted by Gasteiger charge is -2.27. The molecule has 0 bridgehead atoms. The number of carbonyl (C=O) groups is 1. The van der Waals surface area contributed by atoms with Crippen molar-refractivity contribution >= 4 is 23.3 Å². The first-order chi connectivity index (χ1) is 8.50. The molecule has 1 aromatic heterocycles. The minimum absolute atomic E-state index is 0.499. The molecule has 1 aromatic rings. The van der Waals surface area contributed by atoms with Crippen molar-refractivity contribution in [2.24, 2.45) is 0 Å². The third-order valence-electron chi connectivity index (χ3n) is 1.94. The molecular formula is C9H5ClF6N2O. The molecule has 0 aliphatic rings. The van der Waals surface area contributed by atoms with E-state index in [-0.39, 0.29) is 0 Å². The highest BCUT2D eigenvalue weighted by atomic mass is 35.5. The Bertz CT molecular complexity index is 462. The zero-order chi connectivity index (χ0) is 14.9. The fourth-order valence-electron chi connectivity index (χ4n) is 0.952. The van der Waals surface area contributed by atoms with E-state index in [1.807, 2.05) is 0 Å². The topological polar surface area (TPSA) is 42.0 Å². The van der Waals surface area contributed by atoms with E-state index >= 15 is 0 Å². The third kappa shape index (κ3) is 2.91. The molecule has 0 atom stereocenters. The first-order valence-corrected chi connectivity index (χ1v) is 4.93. The molecule has 0 radical (unpaired) electrons. The predicted molar refractivity (Wildman–Crippen MR) is 53.6 cm³/mol. The summed E-state index contributed by atoms with van der Waals surface area (Å²) in [6.45, 7) is 0. The molecule has 3 nitrogen and oxygen atoms in total. The van der Waals surface area contributed by atoms with Crippen LogP contribution < -0.4 is 5.32 Å². The Morgan fingerprint density at radius 3 is 2.16 bits per heavy atom. The van der Waals surface area contributed by atoms with E-state index in [1.54, 1.807) is 0 Å². The normalized spacial score (nSPS) is 13.2. The van der Waals surface area contributed by atoms with Gasteiger partial charge in [0.25, 0.3) is 0 Å². The van der Waals surface area contributed by atoms with E-state index in [2.05, 4.69) is 16.6 Å². The van der Waals surface area contributed by atoms with Crippen LogP contribution in [0.2, 0.25) is 0 Å². The number of rotatable bonds is 4. The number of halogens is 7. The minimum Gasteiger partial charge on any atom is -0.305 e. The fourth-order valence-corrected chi connectivity index (χ4v) is 1.07. The van der Waals surface area contributed by atoms with Gasteiger partial charge < -0.3 is 5.32 Å². The van der Waals surface area contributed by atoms with Crippen molar-refractivity contribution in [1.29, 1.82) is 0 Å². The molecule has 0 saturated carbocycles. The molecule has 1 rings (SSSR count). The summed E-state index contributed by atoms with van der Waals surface area (Å²) in [7, 11) is 0. The van der Waals surface area contributed by atoms with Crippen molar-refractivity contribution in [3.63, 3.8) is 0 Å². The van der Waals surface area contributed by atoms with Crippen molar-refractivity contribution in [3.05, 3.63) is 24.4 Å². The molecule has 1 heterocycles. The molecule has 0 aromatic carbocycles. The first kappa shape index (κ1) is 15.5. The zero-order valence-electron chi connectivity index (χ0n) is 8.81. The number of nitrogens with one attached hydrogen (secondary N) is 1. The van der Waals surface area contributed by atoms with Crippen molar-refractivity contribution in [2.75, 3.05) is 5.32 Å².